The van der Waals surface area contributed by atoms with E-state index in [9.17, 15) is 0 Å². The molecular formula is C9H16N2OS. The lowest BCUT2D eigenvalue weighted by Crippen LogP contribution is -2.50. The Bertz CT molecular complexity index is 194. The highest BCUT2D eigenvalue weighted by atomic mass is 32.1. The van der Waals surface area contributed by atoms with Gasteiger partial charge in [0.2, 0.25) is 0 Å². The zero-order valence-electron chi connectivity index (χ0n) is 8.19. The first-order chi connectivity index (χ1) is 6.25. The summed E-state index contributed by atoms with van der Waals surface area (Å²) in [5.74, 6) is 0. The maximum Gasteiger partial charge on any atom is 0.0620 e. The van der Waals surface area contributed by atoms with Gasteiger partial charge in [-0.3, -0.25) is 4.90 Å². The highest BCUT2D eigenvalue weighted by molar-refractivity contribution is 7.78. The molecule has 3 nitrogen and oxygen atoms in total. The molecule has 0 aliphatic carbocycles. The van der Waals surface area contributed by atoms with Crippen LogP contribution in [0.2, 0.25) is 0 Å². The number of ether oxygens (including phenoxy) is 1. The molecule has 0 aromatic rings. The van der Waals surface area contributed by atoms with E-state index in [0.717, 1.165) is 26.3 Å². The number of morpholine rings is 1. The maximum absolute atomic E-state index is 5.42. The van der Waals surface area contributed by atoms with Crippen molar-refractivity contribution in [3.05, 3.63) is 0 Å². The summed E-state index contributed by atoms with van der Waals surface area (Å²) in [6, 6.07) is 0.980. The number of hydrogen-bond acceptors (Lipinski definition) is 4. The van der Waals surface area contributed by atoms with Crippen molar-refractivity contribution in [1.29, 1.82) is 0 Å². The van der Waals surface area contributed by atoms with E-state index in [-0.39, 0.29) is 0 Å². The minimum Gasteiger partial charge on any atom is -0.378 e. The molecule has 13 heavy (non-hydrogen) atoms. The van der Waals surface area contributed by atoms with E-state index >= 15 is 0 Å². The summed E-state index contributed by atoms with van der Waals surface area (Å²) in [6.07, 6.45) is 0. The van der Waals surface area contributed by atoms with Crippen LogP contribution in [-0.2, 0) is 4.74 Å². The zero-order chi connectivity index (χ0) is 9.68. The number of hydrogen-bond donors (Lipinski definition) is 0. The predicted octanol–water partition coefficient (Wildman–Crippen LogP) is 1.20. The molecule has 1 aliphatic heterocycles. The SMILES string of the molecule is CC1COCC(C)N1CCN=C=S. The first-order valence-electron chi connectivity index (χ1n) is 4.63. The molecule has 2 atom stereocenters. The van der Waals surface area contributed by atoms with Gasteiger partial charge in [-0.05, 0) is 26.1 Å². The van der Waals surface area contributed by atoms with Crippen LogP contribution in [0.25, 0.3) is 0 Å². The molecule has 0 spiro atoms. The van der Waals surface area contributed by atoms with Crippen molar-refractivity contribution in [1.82, 2.24) is 4.90 Å². The Morgan fingerprint density at radius 1 is 1.46 bits per heavy atom. The first kappa shape index (κ1) is 10.8. The van der Waals surface area contributed by atoms with E-state index in [1.54, 1.807) is 0 Å². The molecule has 1 fully saturated rings. The van der Waals surface area contributed by atoms with Crippen LogP contribution in [0.5, 0.6) is 0 Å². The van der Waals surface area contributed by atoms with Gasteiger partial charge in [-0.25, -0.2) is 4.99 Å². The number of thiocarbonyl (C=S) groups is 1. The molecule has 0 aromatic carbocycles. The summed E-state index contributed by atoms with van der Waals surface area (Å²) in [5.41, 5.74) is 0. The van der Waals surface area contributed by atoms with Crippen LogP contribution in [0.4, 0.5) is 0 Å². The number of nitrogens with zero attached hydrogens (tertiary/aromatic N) is 2. The second kappa shape index (κ2) is 5.45. The summed E-state index contributed by atoms with van der Waals surface area (Å²) in [4.78, 5) is 6.32. The smallest absolute Gasteiger partial charge is 0.0620 e. The van der Waals surface area contributed by atoms with Crippen molar-refractivity contribution in [2.45, 2.75) is 25.9 Å². The molecule has 74 valence electrons. The van der Waals surface area contributed by atoms with Crippen LogP contribution in [0, 0.1) is 0 Å². The molecule has 0 N–H and O–H groups in total. The lowest BCUT2D eigenvalue weighted by molar-refractivity contribution is -0.0347. The van der Waals surface area contributed by atoms with Crippen molar-refractivity contribution in [3.8, 4) is 0 Å². The number of aliphatic imine (C=N–C) groups is 1. The van der Waals surface area contributed by atoms with Crippen molar-refractivity contribution < 1.29 is 4.74 Å². The first-order valence-corrected chi connectivity index (χ1v) is 5.03. The third-order valence-corrected chi connectivity index (χ3v) is 2.51. The second-order valence-electron chi connectivity index (χ2n) is 3.45. The Balaban J connectivity index is 2.39. The Morgan fingerprint density at radius 3 is 2.62 bits per heavy atom. The van der Waals surface area contributed by atoms with Gasteiger partial charge in [0, 0.05) is 18.6 Å². The van der Waals surface area contributed by atoms with Crippen LogP contribution in [0.1, 0.15) is 13.8 Å². The van der Waals surface area contributed by atoms with E-state index in [2.05, 4.69) is 41.1 Å². The van der Waals surface area contributed by atoms with E-state index in [1.165, 1.54) is 0 Å². The quantitative estimate of drug-likeness (QED) is 0.505. The molecule has 1 rings (SSSR count). The van der Waals surface area contributed by atoms with Gasteiger partial charge in [0.1, 0.15) is 0 Å². The van der Waals surface area contributed by atoms with Crippen LogP contribution < -0.4 is 0 Å². The largest absolute Gasteiger partial charge is 0.378 e. The van der Waals surface area contributed by atoms with Gasteiger partial charge < -0.3 is 4.74 Å². The average Bonchev–Trinajstić information content (AvgIpc) is 2.10. The van der Waals surface area contributed by atoms with Gasteiger partial charge in [-0.1, -0.05) is 0 Å². The standard InChI is InChI=1S/C9H16N2OS/c1-8-5-12-6-9(2)11(8)4-3-10-7-13/h8-9H,3-6H2,1-2H3. The van der Waals surface area contributed by atoms with E-state index in [0.29, 0.717) is 12.1 Å². The molecule has 4 heteroatoms. The Kier molecular flexibility index (Phi) is 4.53. The average molecular weight is 200 g/mol. The molecule has 1 saturated heterocycles. The third-order valence-electron chi connectivity index (χ3n) is 2.38. The molecule has 0 bridgehead atoms. The molecular weight excluding hydrogens is 184 g/mol. The van der Waals surface area contributed by atoms with Crippen molar-refractivity contribution >= 4 is 17.4 Å². The van der Waals surface area contributed by atoms with E-state index in [1.807, 2.05) is 0 Å². The lowest BCUT2D eigenvalue weighted by atomic mass is 10.2. The Hall–Kier alpha value is -0.280. The van der Waals surface area contributed by atoms with Crippen molar-refractivity contribution in [3.63, 3.8) is 0 Å². The summed E-state index contributed by atoms with van der Waals surface area (Å²) in [7, 11) is 0. The molecule has 2 unspecified atom stereocenters. The summed E-state index contributed by atoms with van der Waals surface area (Å²) >= 11 is 4.52. The minimum atomic E-state index is 0.490. The van der Waals surface area contributed by atoms with Crippen LogP contribution in [0.3, 0.4) is 0 Å². The molecule has 1 aliphatic rings. The van der Waals surface area contributed by atoms with Gasteiger partial charge in [-0.15, -0.1) is 0 Å². The summed E-state index contributed by atoms with van der Waals surface area (Å²) in [6.45, 7) is 7.71. The Morgan fingerprint density at radius 2 is 2.08 bits per heavy atom. The van der Waals surface area contributed by atoms with Gasteiger partial charge in [0.05, 0.1) is 24.9 Å². The van der Waals surface area contributed by atoms with Crippen LogP contribution in [0.15, 0.2) is 4.99 Å². The highest BCUT2D eigenvalue weighted by Crippen LogP contribution is 2.11. The number of isothiocyanates is 1. The zero-order valence-corrected chi connectivity index (χ0v) is 9.01. The fraction of sp³-hybridized carbons (Fsp3) is 0.889. The van der Waals surface area contributed by atoms with Gasteiger partial charge in [0.15, 0.2) is 0 Å². The second-order valence-corrected chi connectivity index (χ2v) is 3.63. The lowest BCUT2D eigenvalue weighted by Gasteiger charge is -2.38. The highest BCUT2D eigenvalue weighted by Gasteiger charge is 2.24. The number of rotatable bonds is 3. The molecule has 0 radical (unpaired) electrons. The van der Waals surface area contributed by atoms with Gasteiger partial charge in [0.25, 0.3) is 0 Å². The monoisotopic (exact) mass is 200 g/mol. The minimum absolute atomic E-state index is 0.490. The van der Waals surface area contributed by atoms with Crippen molar-refractivity contribution in [2.24, 2.45) is 4.99 Å². The van der Waals surface area contributed by atoms with Gasteiger partial charge in [-0.2, -0.15) is 0 Å². The molecule has 0 amide bonds. The Labute approximate surface area is 84.8 Å². The molecule has 0 aromatic heterocycles. The predicted molar refractivity (Wildman–Crippen MR) is 56.3 cm³/mol. The fourth-order valence-corrected chi connectivity index (χ4v) is 1.78. The van der Waals surface area contributed by atoms with Crippen LogP contribution >= 0.6 is 12.2 Å². The molecule has 0 saturated carbocycles. The fourth-order valence-electron chi connectivity index (χ4n) is 1.69. The van der Waals surface area contributed by atoms with E-state index < -0.39 is 0 Å². The van der Waals surface area contributed by atoms with E-state index in [4.69, 9.17) is 4.74 Å². The summed E-state index contributed by atoms with van der Waals surface area (Å²) in [5, 5.41) is 2.39. The molecule has 1 heterocycles. The van der Waals surface area contributed by atoms with Crippen molar-refractivity contribution in [2.75, 3.05) is 26.3 Å². The normalized spacial score (nSPS) is 29.7. The topological polar surface area (TPSA) is 24.8 Å². The maximum atomic E-state index is 5.42. The third kappa shape index (κ3) is 3.16. The van der Waals surface area contributed by atoms with Crippen LogP contribution in [-0.4, -0.2) is 48.4 Å². The van der Waals surface area contributed by atoms with Gasteiger partial charge >= 0.3 is 0 Å². The summed E-state index contributed by atoms with van der Waals surface area (Å²) < 4.78 is 5.42.